The van der Waals surface area contributed by atoms with Gasteiger partial charge in [-0.15, -0.1) is 0 Å². The Morgan fingerprint density at radius 2 is 2.07 bits per heavy atom. The van der Waals surface area contributed by atoms with E-state index in [1.165, 1.54) is 10.6 Å². The van der Waals surface area contributed by atoms with Crippen LogP contribution in [0.3, 0.4) is 0 Å². The van der Waals surface area contributed by atoms with Crippen LogP contribution in [0, 0.1) is 0 Å². The second-order valence-electron chi connectivity index (χ2n) is 7.81. The lowest BCUT2D eigenvalue weighted by Crippen LogP contribution is -2.44. The fraction of sp³-hybridized carbons (Fsp3) is 0.632. The zero-order chi connectivity index (χ0) is 21.1. The van der Waals surface area contributed by atoms with Gasteiger partial charge in [0.15, 0.2) is 5.65 Å². The molecule has 2 aliphatic heterocycles. The molecule has 2 aliphatic rings. The Bertz CT molecular complexity index is 1050. The number of hydrogen-bond acceptors (Lipinski definition) is 8. The summed E-state index contributed by atoms with van der Waals surface area (Å²) in [5, 5.41) is 4.27. The molecule has 164 valence electrons. The average Bonchev–Trinajstić information content (AvgIpc) is 2.72. The third-order valence-corrected chi connectivity index (χ3v) is 8.10. The van der Waals surface area contributed by atoms with Crippen molar-refractivity contribution in [3.63, 3.8) is 0 Å². The van der Waals surface area contributed by atoms with Gasteiger partial charge < -0.3 is 15.0 Å². The molecule has 2 N–H and O–H groups in total. The molecule has 4 rings (SSSR count). The summed E-state index contributed by atoms with van der Waals surface area (Å²) in [4.78, 5) is 24.4. The SMILES string of the molecule is CS(=O)(=O)N1CCCC(Nc2ccc3c(=O)[nH]c(CSC4CCOCC4)nc3n2)C1. The molecule has 0 spiro atoms. The summed E-state index contributed by atoms with van der Waals surface area (Å²) in [5.41, 5.74) is 0.213. The Hall–Kier alpha value is -1.69. The van der Waals surface area contributed by atoms with Crippen LogP contribution in [-0.2, 0) is 20.5 Å². The molecule has 2 aromatic rings. The lowest BCUT2D eigenvalue weighted by atomic mass is 10.1. The Morgan fingerprint density at radius 3 is 2.83 bits per heavy atom. The van der Waals surface area contributed by atoms with Gasteiger partial charge >= 0.3 is 0 Å². The lowest BCUT2D eigenvalue weighted by molar-refractivity contribution is 0.1000. The number of thioether (sulfide) groups is 1. The molecule has 30 heavy (non-hydrogen) atoms. The van der Waals surface area contributed by atoms with E-state index in [9.17, 15) is 13.2 Å². The summed E-state index contributed by atoms with van der Waals surface area (Å²) in [6, 6.07) is 3.43. The number of fused-ring (bicyclic) bond motifs is 1. The second kappa shape index (κ2) is 9.21. The number of piperidine rings is 1. The van der Waals surface area contributed by atoms with Gasteiger partial charge in [-0.25, -0.2) is 22.7 Å². The quantitative estimate of drug-likeness (QED) is 0.677. The van der Waals surface area contributed by atoms with Gasteiger partial charge in [0.1, 0.15) is 11.6 Å². The highest BCUT2D eigenvalue weighted by Gasteiger charge is 2.26. The smallest absolute Gasteiger partial charge is 0.260 e. The second-order valence-corrected chi connectivity index (χ2v) is 11.1. The molecule has 0 radical (unpaired) electrons. The van der Waals surface area contributed by atoms with Gasteiger partial charge in [0.2, 0.25) is 10.0 Å². The fourth-order valence-electron chi connectivity index (χ4n) is 3.82. The van der Waals surface area contributed by atoms with E-state index in [1.54, 1.807) is 23.9 Å². The van der Waals surface area contributed by atoms with E-state index in [4.69, 9.17) is 4.74 Å². The molecule has 2 saturated heterocycles. The van der Waals surface area contributed by atoms with E-state index < -0.39 is 10.0 Å². The largest absolute Gasteiger partial charge is 0.381 e. The number of aromatic nitrogens is 3. The Kier molecular flexibility index (Phi) is 6.61. The minimum absolute atomic E-state index is 0.0241. The molecule has 4 heterocycles. The van der Waals surface area contributed by atoms with E-state index in [2.05, 4.69) is 20.3 Å². The Labute approximate surface area is 180 Å². The predicted octanol–water partition coefficient (Wildman–Crippen LogP) is 1.57. The first kappa shape index (κ1) is 21.5. The molecule has 0 saturated carbocycles. The van der Waals surface area contributed by atoms with Gasteiger partial charge in [-0.1, -0.05) is 0 Å². The molecular weight excluding hydrogens is 426 g/mol. The van der Waals surface area contributed by atoms with Crippen molar-refractivity contribution in [3.8, 4) is 0 Å². The maximum Gasteiger partial charge on any atom is 0.260 e. The number of pyridine rings is 1. The van der Waals surface area contributed by atoms with E-state index in [-0.39, 0.29) is 11.6 Å². The Morgan fingerprint density at radius 1 is 1.27 bits per heavy atom. The number of nitrogens with one attached hydrogen (secondary N) is 2. The van der Waals surface area contributed by atoms with Gasteiger partial charge in [0.25, 0.3) is 5.56 Å². The van der Waals surface area contributed by atoms with Gasteiger partial charge in [-0.2, -0.15) is 11.8 Å². The van der Waals surface area contributed by atoms with Crippen LogP contribution in [-0.4, -0.2) is 71.5 Å². The monoisotopic (exact) mass is 453 g/mol. The summed E-state index contributed by atoms with van der Waals surface area (Å²) >= 11 is 1.78. The van der Waals surface area contributed by atoms with Crippen molar-refractivity contribution < 1.29 is 13.2 Å². The maximum atomic E-state index is 12.4. The van der Waals surface area contributed by atoms with Crippen LogP contribution in [0.25, 0.3) is 11.0 Å². The summed E-state index contributed by atoms with van der Waals surface area (Å²) in [7, 11) is -3.21. The lowest BCUT2D eigenvalue weighted by Gasteiger charge is -2.31. The molecule has 0 amide bonds. The number of aromatic amines is 1. The van der Waals surface area contributed by atoms with Gasteiger partial charge in [-0.05, 0) is 37.8 Å². The topological polar surface area (TPSA) is 117 Å². The molecule has 0 aliphatic carbocycles. The molecule has 11 heteroatoms. The summed E-state index contributed by atoms with van der Waals surface area (Å²) < 4.78 is 30.5. The molecule has 9 nitrogen and oxygen atoms in total. The maximum absolute atomic E-state index is 12.4. The van der Waals surface area contributed by atoms with Crippen LogP contribution in [0.4, 0.5) is 5.82 Å². The fourth-order valence-corrected chi connectivity index (χ4v) is 5.79. The normalized spacial score (nSPS) is 21.7. The molecule has 0 aromatic carbocycles. The van der Waals surface area contributed by atoms with E-state index in [1.807, 2.05) is 0 Å². The minimum Gasteiger partial charge on any atom is -0.381 e. The number of rotatable bonds is 6. The van der Waals surface area contributed by atoms with Crippen molar-refractivity contribution in [2.75, 3.05) is 37.9 Å². The zero-order valence-electron chi connectivity index (χ0n) is 17.0. The predicted molar refractivity (Wildman–Crippen MR) is 118 cm³/mol. The summed E-state index contributed by atoms with van der Waals surface area (Å²) in [6.07, 6.45) is 4.92. The highest BCUT2D eigenvalue weighted by Crippen LogP contribution is 2.25. The van der Waals surface area contributed by atoms with Crippen LogP contribution in [0.1, 0.15) is 31.5 Å². The summed E-state index contributed by atoms with van der Waals surface area (Å²) in [5.74, 6) is 1.85. The number of H-pyrrole nitrogens is 1. The van der Waals surface area contributed by atoms with Crippen molar-refractivity contribution >= 4 is 38.6 Å². The van der Waals surface area contributed by atoms with Crippen LogP contribution in [0.2, 0.25) is 0 Å². The van der Waals surface area contributed by atoms with E-state index in [0.717, 1.165) is 38.9 Å². The summed E-state index contributed by atoms with van der Waals surface area (Å²) in [6.45, 7) is 2.53. The highest BCUT2D eigenvalue weighted by molar-refractivity contribution is 7.99. The molecule has 0 bridgehead atoms. The average molecular weight is 454 g/mol. The third-order valence-electron chi connectivity index (χ3n) is 5.45. The Balaban J connectivity index is 1.47. The van der Waals surface area contributed by atoms with Crippen LogP contribution in [0.5, 0.6) is 0 Å². The zero-order valence-corrected chi connectivity index (χ0v) is 18.6. The van der Waals surface area contributed by atoms with Gasteiger partial charge in [0.05, 0.1) is 17.4 Å². The molecule has 1 atom stereocenters. The number of ether oxygens (including phenoxy) is 1. The van der Waals surface area contributed by atoms with Crippen molar-refractivity contribution in [1.82, 2.24) is 19.3 Å². The van der Waals surface area contributed by atoms with Crippen molar-refractivity contribution in [3.05, 3.63) is 28.3 Å². The number of sulfonamides is 1. The number of anilines is 1. The first-order valence-electron chi connectivity index (χ1n) is 10.2. The van der Waals surface area contributed by atoms with Gasteiger partial charge in [-0.3, -0.25) is 4.79 Å². The third kappa shape index (κ3) is 5.32. The van der Waals surface area contributed by atoms with Gasteiger partial charge in [0, 0.05) is 37.6 Å². The van der Waals surface area contributed by atoms with Crippen molar-refractivity contribution in [2.45, 2.75) is 42.7 Å². The first-order valence-corrected chi connectivity index (χ1v) is 13.1. The molecule has 2 fully saturated rings. The first-order chi connectivity index (χ1) is 14.4. The minimum atomic E-state index is -3.21. The molecule has 1 unspecified atom stereocenters. The van der Waals surface area contributed by atoms with Crippen molar-refractivity contribution in [1.29, 1.82) is 0 Å². The highest BCUT2D eigenvalue weighted by atomic mass is 32.2. The van der Waals surface area contributed by atoms with E-state index >= 15 is 0 Å². The van der Waals surface area contributed by atoms with Crippen LogP contribution in [0.15, 0.2) is 16.9 Å². The number of nitrogens with zero attached hydrogens (tertiary/aromatic N) is 3. The van der Waals surface area contributed by atoms with E-state index in [0.29, 0.717) is 46.8 Å². The molecule has 2 aromatic heterocycles. The van der Waals surface area contributed by atoms with Crippen molar-refractivity contribution in [2.24, 2.45) is 0 Å². The van der Waals surface area contributed by atoms with Crippen LogP contribution >= 0.6 is 11.8 Å². The van der Waals surface area contributed by atoms with Crippen LogP contribution < -0.4 is 10.9 Å². The standard InChI is InChI=1S/C19H27N5O4S2/c1-30(26,27)24-8-2-3-13(11-24)20-16-5-4-15-18(21-16)22-17(23-19(15)25)12-29-14-6-9-28-10-7-14/h4-5,13-14H,2-3,6-12H2,1H3,(H2,20,21,22,23,25). The molecular formula is C19H27N5O4S2. The number of hydrogen-bond donors (Lipinski definition) is 2.